The summed E-state index contributed by atoms with van der Waals surface area (Å²) >= 11 is 0.0848. The van der Waals surface area contributed by atoms with E-state index in [0.29, 0.717) is 11.1 Å². The molecule has 4 aromatic carbocycles. The van der Waals surface area contributed by atoms with Crippen LogP contribution >= 0.6 is 0 Å². The normalized spacial score (nSPS) is 10.4. The van der Waals surface area contributed by atoms with Crippen molar-refractivity contribution in [1.82, 2.24) is 0 Å². The Balaban J connectivity index is 1.49. The monoisotopic (exact) mass is 552 g/mol. The molecule has 4 rings (SSSR count). The van der Waals surface area contributed by atoms with E-state index >= 15 is 0 Å². The first-order valence-corrected chi connectivity index (χ1v) is 16.0. The number of para-hydroxylation sites is 2. The Kier molecular flexibility index (Phi) is 7.54. The van der Waals surface area contributed by atoms with Crippen molar-refractivity contribution >= 4 is 58.4 Å². The van der Waals surface area contributed by atoms with E-state index in [9.17, 15) is 9.59 Å². The number of hydrogen-bond donors (Lipinski definition) is 2. The molecule has 6 heteroatoms. The quantitative estimate of drug-likeness (QED) is 0.347. The van der Waals surface area contributed by atoms with Crippen molar-refractivity contribution in [2.45, 2.75) is 0 Å². The van der Waals surface area contributed by atoms with Gasteiger partial charge in [-0.1, -0.05) is 0 Å². The van der Waals surface area contributed by atoms with Gasteiger partial charge in [-0.05, 0) is 0 Å². The molecule has 0 fully saturated rings. The molecule has 0 aliphatic heterocycles. The molecule has 158 valence electrons. The van der Waals surface area contributed by atoms with E-state index in [-0.39, 0.29) is 38.1 Å². The molecule has 0 saturated heterocycles. The number of benzene rings is 4. The molecule has 2 amide bonds. The number of anilines is 2. The SMILES string of the molecule is O=C(Nc1ccccc1)c1ccccc1[Se][Se]c1ccccc1C(=O)Nc1ccccc1. The first-order chi connectivity index (χ1) is 15.7. The second-order valence-corrected chi connectivity index (χ2v) is 13.0. The Labute approximate surface area is 198 Å². The van der Waals surface area contributed by atoms with Gasteiger partial charge >= 0.3 is 199 Å². The van der Waals surface area contributed by atoms with E-state index in [1.54, 1.807) is 0 Å². The number of hydrogen-bond acceptors (Lipinski definition) is 2. The Morgan fingerprint density at radius 3 is 1.22 bits per heavy atom. The predicted molar refractivity (Wildman–Crippen MR) is 132 cm³/mol. The summed E-state index contributed by atoms with van der Waals surface area (Å²) in [5.41, 5.74) is 2.91. The van der Waals surface area contributed by atoms with Gasteiger partial charge in [0.05, 0.1) is 0 Å². The summed E-state index contributed by atoms with van der Waals surface area (Å²) in [5.74, 6) is -0.223. The van der Waals surface area contributed by atoms with Crippen LogP contribution in [0.1, 0.15) is 20.7 Å². The van der Waals surface area contributed by atoms with Crippen molar-refractivity contribution in [2.75, 3.05) is 10.6 Å². The second kappa shape index (κ2) is 10.9. The summed E-state index contributed by atoms with van der Waals surface area (Å²) in [6.45, 7) is 0. The van der Waals surface area contributed by atoms with E-state index in [2.05, 4.69) is 10.6 Å². The van der Waals surface area contributed by atoms with Crippen LogP contribution in [0, 0.1) is 0 Å². The molecule has 4 aromatic rings. The van der Waals surface area contributed by atoms with Crippen LogP contribution in [0.15, 0.2) is 109 Å². The Morgan fingerprint density at radius 1 is 0.469 bits per heavy atom. The van der Waals surface area contributed by atoms with E-state index in [4.69, 9.17) is 0 Å². The zero-order valence-electron chi connectivity index (χ0n) is 17.0. The van der Waals surface area contributed by atoms with E-state index < -0.39 is 0 Å². The summed E-state index contributed by atoms with van der Waals surface area (Å²) in [6, 6.07) is 34.3. The number of carbonyl (C=O) groups excluding carboxylic acids is 2. The van der Waals surface area contributed by atoms with Crippen LogP contribution in [-0.2, 0) is 0 Å². The van der Waals surface area contributed by atoms with Gasteiger partial charge in [0.2, 0.25) is 0 Å². The van der Waals surface area contributed by atoms with Crippen LogP contribution in [0.2, 0.25) is 0 Å². The Morgan fingerprint density at radius 2 is 0.812 bits per heavy atom. The third-order valence-corrected chi connectivity index (χ3v) is 11.8. The molecule has 0 spiro atoms. The molecule has 4 nitrogen and oxygen atoms in total. The van der Waals surface area contributed by atoms with E-state index in [1.807, 2.05) is 109 Å². The molecule has 0 radical (unpaired) electrons. The Hall–Kier alpha value is -3.14. The van der Waals surface area contributed by atoms with Crippen molar-refractivity contribution in [3.05, 3.63) is 120 Å². The molecular weight excluding hydrogens is 530 g/mol. The minimum atomic E-state index is -0.111. The number of nitrogens with one attached hydrogen (secondary N) is 2. The molecule has 2 N–H and O–H groups in total. The second-order valence-electron chi connectivity index (χ2n) is 6.80. The molecule has 0 saturated carbocycles. The van der Waals surface area contributed by atoms with Crippen molar-refractivity contribution in [3.8, 4) is 0 Å². The van der Waals surface area contributed by atoms with Crippen LogP contribution in [0.25, 0.3) is 0 Å². The van der Waals surface area contributed by atoms with Gasteiger partial charge in [-0.3, -0.25) is 0 Å². The van der Waals surface area contributed by atoms with Crippen molar-refractivity contribution in [3.63, 3.8) is 0 Å². The molecular formula is C26H20N2O2Se2. The maximum atomic E-state index is 12.9. The number of carbonyl (C=O) groups is 2. The fraction of sp³-hybridized carbons (Fsp3) is 0. The van der Waals surface area contributed by atoms with Crippen LogP contribution in [0.5, 0.6) is 0 Å². The van der Waals surface area contributed by atoms with E-state index in [0.717, 1.165) is 20.3 Å². The Bertz CT molecular complexity index is 1120. The van der Waals surface area contributed by atoms with Crippen LogP contribution in [0.3, 0.4) is 0 Å². The van der Waals surface area contributed by atoms with Crippen LogP contribution in [-0.4, -0.2) is 38.1 Å². The molecule has 0 aliphatic rings. The van der Waals surface area contributed by atoms with Gasteiger partial charge in [0.1, 0.15) is 0 Å². The maximum absolute atomic E-state index is 12.9. The first kappa shape index (κ1) is 22.1. The third-order valence-electron chi connectivity index (χ3n) is 4.55. The van der Waals surface area contributed by atoms with Gasteiger partial charge in [-0.25, -0.2) is 0 Å². The number of amides is 2. The van der Waals surface area contributed by atoms with Crippen LogP contribution < -0.4 is 19.6 Å². The van der Waals surface area contributed by atoms with Crippen LogP contribution in [0.4, 0.5) is 11.4 Å². The molecule has 0 heterocycles. The summed E-state index contributed by atoms with van der Waals surface area (Å²) in [5, 5.41) is 5.94. The molecule has 0 aromatic heterocycles. The van der Waals surface area contributed by atoms with E-state index in [1.165, 1.54) is 0 Å². The minimum absolute atomic E-state index is 0.0424. The van der Waals surface area contributed by atoms with Gasteiger partial charge in [0, 0.05) is 0 Å². The van der Waals surface area contributed by atoms with Gasteiger partial charge in [-0.2, -0.15) is 0 Å². The van der Waals surface area contributed by atoms with Crippen molar-refractivity contribution < 1.29 is 9.59 Å². The fourth-order valence-electron chi connectivity index (χ4n) is 2.98. The molecule has 32 heavy (non-hydrogen) atoms. The van der Waals surface area contributed by atoms with Gasteiger partial charge in [-0.15, -0.1) is 0 Å². The fourth-order valence-corrected chi connectivity index (χ4v) is 10.1. The average molecular weight is 550 g/mol. The molecule has 0 unspecified atom stereocenters. The third kappa shape index (κ3) is 5.76. The van der Waals surface area contributed by atoms with Gasteiger partial charge in [0.25, 0.3) is 0 Å². The molecule has 0 atom stereocenters. The average Bonchev–Trinajstić information content (AvgIpc) is 2.84. The zero-order valence-corrected chi connectivity index (χ0v) is 20.5. The van der Waals surface area contributed by atoms with Gasteiger partial charge in [0.15, 0.2) is 0 Å². The summed E-state index contributed by atoms with van der Waals surface area (Å²) in [4.78, 5) is 25.7. The van der Waals surface area contributed by atoms with Crippen molar-refractivity contribution in [1.29, 1.82) is 0 Å². The summed E-state index contributed by atoms with van der Waals surface area (Å²) in [7, 11) is 0. The molecule has 0 bridgehead atoms. The summed E-state index contributed by atoms with van der Waals surface area (Å²) in [6.07, 6.45) is 0. The topological polar surface area (TPSA) is 58.2 Å². The van der Waals surface area contributed by atoms with Crippen molar-refractivity contribution in [2.24, 2.45) is 0 Å². The summed E-state index contributed by atoms with van der Waals surface area (Å²) < 4.78 is 2.07. The molecule has 0 aliphatic carbocycles. The zero-order chi connectivity index (χ0) is 22.2. The standard InChI is InChI=1S/C26H20N2O2Se2/c29-25(27-19-11-3-1-4-12-19)21-15-7-9-17-23(21)31-32-24-18-10-8-16-22(24)26(30)28-20-13-5-2-6-14-20/h1-18H,(H,27,29)(H,28,30). The predicted octanol–water partition coefficient (Wildman–Crippen LogP) is 3.47. The van der Waals surface area contributed by atoms with Gasteiger partial charge < -0.3 is 0 Å². The first-order valence-electron chi connectivity index (χ1n) is 9.96. The number of rotatable bonds is 7.